The van der Waals surface area contributed by atoms with Crippen molar-refractivity contribution in [1.29, 1.82) is 0 Å². The number of rotatable bonds is 2. The highest BCUT2D eigenvalue weighted by Gasteiger charge is 2.17. The van der Waals surface area contributed by atoms with Crippen LogP contribution in [0, 0.1) is 6.92 Å². The number of hydrogen-bond acceptors (Lipinski definition) is 2. The summed E-state index contributed by atoms with van der Waals surface area (Å²) < 4.78 is 3.88. The minimum absolute atomic E-state index is 0.973. The Kier molecular flexibility index (Phi) is 3.32. The molecule has 0 spiro atoms. The van der Waals surface area contributed by atoms with Gasteiger partial charge in [0.1, 0.15) is 0 Å². The molecule has 2 nitrogen and oxygen atoms in total. The number of nitrogens with one attached hydrogen (secondary N) is 1. The molecule has 0 saturated carbocycles. The van der Waals surface area contributed by atoms with Crippen molar-refractivity contribution < 1.29 is 0 Å². The van der Waals surface area contributed by atoms with Crippen LogP contribution in [0.15, 0.2) is 36.5 Å². The summed E-state index contributed by atoms with van der Waals surface area (Å²) in [4.78, 5) is 1.59. The van der Waals surface area contributed by atoms with Crippen molar-refractivity contribution in [1.82, 2.24) is 9.88 Å². The number of fused-ring (bicyclic) bond motifs is 3. The van der Waals surface area contributed by atoms with Gasteiger partial charge in [-0.05, 0) is 50.0 Å². The van der Waals surface area contributed by atoms with E-state index in [1.54, 1.807) is 10.4 Å². The fraction of sp³-hybridized carbons (Fsp3) is 0.333. The first-order chi connectivity index (χ1) is 10.3. The molecule has 0 atom stereocenters. The van der Waals surface area contributed by atoms with Crippen LogP contribution < -0.4 is 5.32 Å². The lowest BCUT2D eigenvalue weighted by Crippen LogP contribution is -2.16. The molecule has 1 aliphatic heterocycles. The molecule has 1 aliphatic rings. The Morgan fingerprint density at radius 1 is 1.10 bits per heavy atom. The van der Waals surface area contributed by atoms with Crippen LogP contribution in [0.4, 0.5) is 0 Å². The molecule has 3 aromatic rings. The number of benzene rings is 1. The van der Waals surface area contributed by atoms with Crippen molar-refractivity contribution in [3.05, 3.63) is 58.1 Å². The first kappa shape index (κ1) is 13.1. The maximum Gasteiger partial charge on any atom is 0.0628 e. The summed E-state index contributed by atoms with van der Waals surface area (Å²) in [6.07, 6.45) is 4.59. The molecule has 3 heterocycles. The third kappa shape index (κ3) is 2.41. The Hall–Kier alpha value is -1.58. The van der Waals surface area contributed by atoms with E-state index in [4.69, 9.17) is 0 Å². The second-order valence-corrected chi connectivity index (χ2v) is 7.03. The number of hydrogen-bond donors (Lipinski definition) is 1. The molecule has 0 radical (unpaired) electrons. The van der Waals surface area contributed by atoms with Crippen molar-refractivity contribution in [3.8, 4) is 0 Å². The van der Waals surface area contributed by atoms with E-state index in [0.717, 1.165) is 26.1 Å². The van der Waals surface area contributed by atoms with Crippen LogP contribution in [0.5, 0.6) is 0 Å². The van der Waals surface area contributed by atoms with Crippen LogP contribution in [-0.4, -0.2) is 17.7 Å². The minimum Gasteiger partial charge on any atom is -0.342 e. The second kappa shape index (κ2) is 5.32. The maximum absolute atomic E-state index is 3.51. The van der Waals surface area contributed by atoms with Crippen LogP contribution >= 0.6 is 11.3 Å². The molecular formula is C18H20N2S. The monoisotopic (exact) mass is 296 g/mol. The predicted octanol–water partition coefficient (Wildman–Crippen LogP) is 3.75. The van der Waals surface area contributed by atoms with Crippen LogP contribution in [0.1, 0.15) is 21.6 Å². The molecule has 3 heteroatoms. The fourth-order valence-corrected chi connectivity index (χ4v) is 4.46. The molecule has 4 rings (SSSR count). The molecule has 21 heavy (non-hydrogen) atoms. The molecule has 0 aliphatic carbocycles. The molecule has 2 aromatic heterocycles. The van der Waals surface area contributed by atoms with Gasteiger partial charge in [-0.25, -0.2) is 0 Å². The van der Waals surface area contributed by atoms with E-state index in [9.17, 15) is 0 Å². The average molecular weight is 296 g/mol. The van der Waals surface area contributed by atoms with Gasteiger partial charge in [0.15, 0.2) is 0 Å². The smallest absolute Gasteiger partial charge is 0.0628 e. The maximum atomic E-state index is 3.51. The molecule has 0 bridgehead atoms. The molecule has 0 saturated heterocycles. The highest BCUT2D eigenvalue weighted by atomic mass is 32.1. The van der Waals surface area contributed by atoms with Crippen molar-refractivity contribution >= 4 is 21.6 Å². The standard InChI is InChI=1S/C18H20N2S/c1-13-2-4-14(5-3-13)12-20-11-8-17-18(20)15-6-9-19-10-7-16(15)21-17/h2-5,8,11,19H,6-7,9-10,12H2,1H3. The Morgan fingerprint density at radius 2 is 1.90 bits per heavy atom. The second-order valence-electron chi connectivity index (χ2n) is 5.90. The quantitative estimate of drug-likeness (QED) is 0.762. The molecule has 1 aromatic carbocycles. The van der Waals surface area contributed by atoms with E-state index in [1.807, 2.05) is 11.3 Å². The summed E-state index contributed by atoms with van der Waals surface area (Å²) in [6.45, 7) is 5.34. The lowest BCUT2D eigenvalue weighted by molar-refractivity contribution is 0.711. The van der Waals surface area contributed by atoms with Gasteiger partial charge in [0.25, 0.3) is 0 Å². The van der Waals surface area contributed by atoms with Gasteiger partial charge < -0.3 is 9.88 Å². The van der Waals surface area contributed by atoms with Gasteiger partial charge >= 0.3 is 0 Å². The number of nitrogens with zero attached hydrogens (tertiary/aromatic N) is 1. The summed E-state index contributed by atoms with van der Waals surface area (Å²) in [5.74, 6) is 0. The predicted molar refractivity (Wildman–Crippen MR) is 90.4 cm³/mol. The SMILES string of the molecule is Cc1ccc(Cn2ccc3sc4c(c32)CCNCC4)cc1. The zero-order valence-electron chi connectivity index (χ0n) is 12.4. The van der Waals surface area contributed by atoms with Crippen molar-refractivity contribution in [2.75, 3.05) is 13.1 Å². The zero-order chi connectivity index (χ0) is 14.2. The summed E-state index contributed by atoms with van der Waals surface area (Å²) in [5, 5.41) is 3.51. The Morgan fingerprint density at radius 3 is 2.76 bits per heavy atom. The van der Waals surface area contributed by atoms with E-state index in [-0.39, 0.29) is 0 Å². The summed E-state index contributed by atoms with van der Waals surface area (Å²) in [5.41, 5.74) is 5.76. The van der Waals surface area contributed by atoms with E-state index >= 15 is 0 Å². The molecular weight excluding hydrogens is 276 g/mol. The molecule has 108 valence electrons. The first-order valence-electron chi connectivity index (χ1n) is 7.67. The van der Waals surface area contributed by atoms with Gasteiger partial charge in [-0.1, -0.05) is 29.8 Å². The zero-order valence-corrected chi connectivity index (χ0v) is 13.2. The molecule has 1 N–H and O–H groups in total. The van der Waals surface area contributed by atoms with Crippen molar-refractivity contribution in [2.45, 2.75) is 26.3 Å². The van der Waals surface area contributed by atoms with Gasteiger partial charge in [0, 0.05) is 17.6 Å². The highest BCUT2D eigenvalue weighted by molar-refractivity contribution is 7.19. The number of aryl methyl sites for hydroxylation is 1. The van der Waals surface area contributed by atoms with Crippen LogP contribution in [-0.2, 0) is 19.4 Å². The molecule has 0 amide bonds. The highest BCUT2D eigenvalue weighted by Crippen LogP contribution is 2.34. The van der Waals surface area contributed by atoms with Crippen LogP contribution in [0.25, 0.3) is 10.2 Å². The van der Waals surface area contributed by atoms with Crippen LogP contribution in [0.3, 0.4) is 0 Å². The van der Waals surface area contributed by atoms with Crippen molar-refractivity contribution in [3.63, 3.8) is 0 Å². The van der Waals surface area contributed by atoms with Gasteiger partial charge in [-0.15, -0.1) is 11.3 Å². The minimum atomic E-state index is 0.973. The van der Waals surface area contributed by atoms with Crippen LogP contribution in [0.2, 0.25) is 0 Å². The van der Waals surface area contributed by atoms with E-state index in [2.05, 4.69) is 53.3 Å². The van der Waals surface area contributed by atoms with E-state index in [1.165, 1.54) is 27.8 Å². The van der Waals surface area contributed by atoms with Crippen molar-refractivity contribution in [2.24, 2.45) is 0 Å². The van der Waals surface area contributed by atoms with Gasteiger partial charge in [-0.3, -0.25) is 0 Å². The van der Waals surface area contributed by atoms with E-state index in [0.29, 0.717) is 0 Å². The van der Waals surface area contributed by atoms with Gasteiger partial charge in [-0.2, -0.15) is 0 Å². The third-order valence-corrected chi connectivity index (χ3v) is 5.58. The Balaban J connectivity index is 1.75. The number of aromatic nitrogens is 1. The first-order valence-corrected chi connectivity index (χ1v) is 8.48. The summed E-state index contributed by atoms with van der Waals surface area (Å²) >= 11 is 1.99. The summed E-state index contributed by atoms with van der Waals surface area (Å²) in [6, 6.07) is 11.2. The average Bonchev–Trinajstić information content (AvgIpc) is 2.94. The lowest BCUT2D eigenvalue weighted by Gasteiger charge is -2.08. The van der Waals surface area contributed by atoms with Gasteiger partial charge in [0.05, 0.1) is 10.2 Å². The Bertz CT molecular complexity index is 764. The third-order valence-electron chi connectivity index (χ3n) is 4.34. The molecule has 0 unspecified atom stereocenters. The topological polar surface area (TPSA) is 17.0 Å². The fourth-order valence-electron chi connectivity index (χ4n) is 3.21. The summed E-state index contributed by atoms with van der Waals surface area (Å²) in [7, 11) is 0. The van der Waals surface area contributed by atoms with E-state index < -0.39 is 0 Å². The Labute approximate surface area is 129 Å². The normalized spacial score (nSPS) is 15.1. The largest absolute Gasteiger partial charge is 0.342 e. The van der Waals surface area contributed by atoms with Gasteiger partial charge in [0.2, 0.25) is 0 Å². The lowest BCUT2D eigenvalue weighted by atomic mass is 10.1. The number of thiophene rings is 1. The molecule has 0 fully saturated rings.